The van der Waals surface area contributed by atoms with Gasteiger partial charge in [0.05, 0.1) is 11.3 Å². The van der Waals surface area contributed by atoms with Crippen molar-refractivity contribution in [2.75, 3.05) is 25.0 Å². The van der Waals surface area contributed by atoms with Crippen LogP contribution in [0.5, 0.6) is 5.75 Å². The number of anilines is 2. The lowest BCUT2D eigenvalue weighted by atomic mass is 10.1. The van der Waals surface area contributed by atoms with Crippen LogP contribution in [-0.2, 0) is 0 Å². The van der Waals surface area contributed by atoms with Crippen LogP contribution in [0.2, 0.25) is 0 Å². The first-order valence-electron chi connectivity index (χ1n) is 8.46. The number of carbonyl (C=O) groups excluding carboxylic acids is 1. The molecular weight excluding hydrogens is 376 g/mol. The molecule has 3 rings (SSSR count). The van der Waals surface area contributed by atoms with E-state index < -0.39 is 6.61 Å². The Morgan fingerprint density at radius 3 is 2.59 bits per heavy atom. The average Bonchev–Trinajstić information content (AvgIpc) is 2.63. The largest absolute Gasteiger partial charge is 0.435 e. The Morgan fingerprint density at radius 1 is 1.22 bits per heavy atom. The summed E-state index contributed by atoms with van der Waals surface area (Å²) in [5.74, 6) is 0.0591. The smallest absolute Gasteiger partial charge is 0.387 e. The number of piperazine rings is 1. The maximum atomic E-state index is 12.9. The average molecular weight is 398 g/mol. The first kappa shape index (κ1) is 20.9. The number of nitrogens with zero attached hydrogens (tertiary/aromatic N) is 1. The van der Waals surface area contributed by atoms with Crippen LogP contribution in [0.4, 0.5) is 20.2 Å². The zero-order valence-electron chi connectivity index (χ0n) is 14.8. The minimum absolute atomic E-state index is 0. The monoisotopic (exact) mass is 397 g/mol. The van der Waals surface area contributed by atoms with Crippen LogP contribution in [0.3, 0.4) is 0 Å². The Bertz CT molecular complexity index is 759. The van der Waals surface area contributed by atoms with Crippen molar-refractivity contribution in [3.63, 3.8) is 0 Å². The van der Waals surface area contributed by atoms with Gasteiger partial charge in [-0.2, -0.15) is 8.78 Å². The zero-order valence-corrected chi connectivity index (χ0v) is 15.6. The molecule has 1 aliphatic rings. The van der Waals surface area contributed by atoms with E-state index in [9.17, 15) is 13.6 Å². The van der Waals surface area contributed by atoms with E-state index in [2.05, 4.69) is 15.4 Å². The number of para-hydroxylation sites is 1. The molecule has 2 N–H and O–H groups in total. The number of rotatable bonds is 5. The highest BCUT2D eigenvalue weighted by atomic mass is 35.5. The topological polar surface area (TPSA) is 53.6 Å². The standard InChI is InChI=1S/C19H21F2N3O2.ClH/c1-13-12-24(11-10-22-13)18(25)16-4-2-3-5-17(16)23-14-6-8-15(9-7-14)26-19(20)21;/h2-9,13,19,22-23H,10-12H2,1H3;1H. The molecular formula is C19H22ClF2N3O2. The van der Waals surface area contributed by atoms with Crippen LogP contribution < -0.4 is 15.4 Å². The Balaban J connectivity index is 0.00000261. The minimum atomic E-state index is -2.85. The summed E-state index contributed by atoms with van der Waals surface area (Å²) in [6.07, 6.45) is 0. The summed E-state index contributed by atoms with van der Waals surface area (Å²) in [4.78, 5) is 14.7. The molecule has 1 fully saturated rings. The van der Waals surface area contributed by atoms with Gasteiger partial charge in [-0.25, -0.2) is 0 Å². The first-order valence-corrected chi connectivity index (χ1v) is 8.46. The van der Waals surface area contributed by atoms with E-state index in [1.807, 2.05) is 30.0 Å². The molecule has 1 atom stereocenters. The molecule has 1 heterocycles. The Labute approximate surface area is 163 Å². The highest BCUT2D eigenvalue weighted by Gasteiger charge is 2.23. The fourth-order valence-corrected chi connectivity index (χ4v) is 2.94. The second-order valence-corrected chi connectivity index (χ2v) is 6.18. The molecule has 5 nitrogen and oxygen atoms in total. The normalized spacial score (nSPS) is 16.6. The lowest BCUT2D eigenvalue weighted by molar-refractivity contribution is -0.0498. The van der Waals surface area contributed by atoms with Gasteiger partial charge in [-0.3, -0.25) is 4.79 Å². The molecule has 1 unspecified atom stereocenters. The van der Waals surface area contributed by atoms with Gasteiger partial charge in [0.2, 0.25) is 0 Å². The van der Waals surface area contributed by atoms with E-state index >= 15 is 0 Å². The predicted octanol–water partition coefficient (Wildman–Crippen LogP) is 3.89. The Morgan fingerprint density at radius 2 is 1.93 bits per heavy atom. The van der Waals surface area contributed by atoms with Crippen LogP contribution in [0, 0.1) is 0 Å². The SMILES string of the molecule is CC1CN(C(=O)c2ccccc2Nc2ccc(OC(F)F)cc2)CCN1.Cl. The highest BCUT2D eigenvalue weighted by molar-refractivity contribution is 6.00. The van der Waals surface area contributed by atoms with Crippen molar-refractivity contribution in [3.8, 4) is 5.75 Å². The maximum Gasteiger partial charge on any atom is 0.387 e. The summed E-state index contributed by atoms with van der Waals surface area (Å²) >= 11 is 0. The first-order chi connectivity index (χ1) is 12.5. The summed E-state index contributed by atoms with van der Waals surface area (Å²) in [5, 5.41) is 6.49. The van der Waals surface area contributed by atoms with Crippen molar-refractivity contribution in [1.29, 1.82) is 0 Å². The van der Waals surface area contributed by atoms with Gasteiger partial charge < -0.3 is 20.3 Å². The number of hydrogen-bond acceptors (Lipinski definition) is 4. The second-order valence-electron chi connectivity index (χ2n) is 6.18. The van der Waals surface area contributed by atoms with Crippen LogP contribution in [0.25, 0.3) is 0 Å². The third-order valence-corrected chi connectivity index (χ3v) is 4.17. The van der Waals surface area contributed by atoms with Crippen molar-refractivity contribution < 1.29 is 18.3 Å². The number of carbonyl (C=O) groups is 1. The van der Waals surface area contributed by atoms with Crippen molar-refractivity contribution in [1.82, 2.24) is 10.2 Å². The molecule has 0 aromatic heterocycles. The van der Waals surface area contributed by atoms with Crippen molar-refractivity contribution >= 4 is 29.7 Å². The molecule has 1 saturated heterocycles. The molecule has 146 valence electrons. The number of ether oxygens (including phenoxy) is 1. The van der Waals surface area contributed by atoms with E-state index in [1.165, 1.54) is 12.1 Å². The maximum absolute atomic E-state index is 12.9. The van der Waals surface area contributed by atoms with Gasteiger partial charge in [0, 0.05) is 31.4 Å². The lowest BCUT2D eigenvalue weighted by Crippen LogP contribution is -2.51. The molecule has 0 aliphatic carbocycles. The molecule has 2 aromatic carbocycles. The third-order valence-electron chi connectivity index (χ3n) is 4.17. The van der Waals surface area contributed by atoms with Gasteiger partial charge in [-0.1, -0.05) is 12.1 Å². The summed E-state index contributed by atoms with van der Waals surface area (Å²) in [6, 6.07) is 13.7. The van der Waals surface area contributed by atoms with E-state index in [0.29, 0.717) is 30.0 Å². The Kier molecular flexibility index (Phi) is 7.38. The van der Waals surface area contributed by atoms with Gasteiger partial charge in [-0.05, 0) is 43.3 Å². The summed E-state index contributed by atoms with van der Waals surface area (Å²) in [6.45, 7) is 1.29. The number of benzene rings is 2. The second kappa shape index (κ2) is 9.53. The van der Waals surface area contributed by atoms with Crippen LogP contribution in [0.1, 0.15) is 17.3 Å². The fraction of sp³-hybridized carbons (Fsp3) is 0.316. The fourth-order valence-electron chi connectivity index (χ4n) is 2.94. The van der Waals surface area contributed by atoms with Gasteiger partial charge in [0.1, 0.15) is 5.75 Å². The quantitative estimate of drug-likeness (QED) is 0.803. The predicted molar refractivity (Wildman–Crippen MR) is 103 cm³/mol. The van der Waals surface area contributed by atoms with E-state index in [1.54, 1.807) is 18.2 Å². The third kappa shape index (κ3) is 5.55. The van der Waals surface area contributed by atoms with E-state index in [4.69, 9.17) is 0 Å². The minimum Gasteiger partial charge on any atom is -0.435 e. The highest BCUT2D eigenvalue weighted by Crippen LogP contribution is 2.25. The van der Waals surface area contributed by atoms with Gasteiger partial charge >= 0.3 is 6.61 Å². The van der Waals surface area contributed by atoms with Crippen LogP contribution in [-0.4, -0.2) is 43.1 Å². The van der Waals surface area contributed by atoms with Crippen LogP contribution in [0.15, 0.2) is 48.5 Å². The van der Waals surface area contributed by atoms with Gasteiger partial charge in [0.15, 0.2) is 0 Å². The number of amides is 1. The molecule has 2 aromatic rings. The van der Waals surface area contributed by atoms with Crippen molar-refractivity contribution in [2.24, 2.45) is 0 Å². The van der Waals surface area contributed by atoms with Crippen LogP contribution >= 0.6 is 12.4 Å². The molecule has 1 amide bonds. The van der Waals surface area contributed by atoms with Crippen molar-refractivity contribution in [2.45, 2.75) is 19.6 Å². The van der Waals surface area contributed by atoms with Crippen molar-refractivity contribution in [3.05, 3.63) is 54.1 Å². The molecule has 8 heteroatoms. The summed E-state index contributed by atoms with van der Waals surface area (Å²) in [5.41, 5.74) is 1.93. The molecule has 0 radical (unpaired) electrons. The van der Waals surface area contributed by atoms with E-state index in [-0.39, 0.29) is 30.1 Å². The van der Waals surface area contributed by atoms with Gasteiger partial charge in [0.25, 0.3) is 5.91 Å². The molecule has 27 heavy (non-hydrogen) atoms. The van der Waals surface area contributed by atoms with E-state index in [0.717, 1.165) is 6.54 Å². The lowest BCUT2D eigenvalue weighted by Gasteiger charge is -2.32. The summed E-state index contributed by atoms with van der Waals surface area (Å²) in [7, 11) is 0. The number of hydrogen-bond donors (Lipinski definition) is 2. The number of alkyl halides is 2. The van der Waals surface area contributed by atoms with Gasteiger partial charge in [-0.15, -0.1) is 12.4 Å². The molecule has 0 spiro atoms. The summed E-state index contributed by atoms with van der Waals surface area (Å²) < 4.78 is 28.8. The zero-order chi connectivity index (χ0) is 18.5. The number of halogens is 3. The molecule has 0 bridgehead atoms. The Hall–Kier alpha value is -2.38. The molecule has 1 aliphatic heterocycles. The number of nitrogens with one attached hydrogen (secondary N) is 2. The molecule has 0 saturated carbocycles.